The van der Waals surface area contributed by atoms with Crippen LogP contribution in [0.15, 0.2) is 0 Å². The Hall–Kier alpha value is -0.650. The second kappa shape index (κ2) is 5.80. The lowest BCUT2D eigenvalue weighted by Gasteiger charge is -2.37. The Kier molecular flexibility index (Phi) is 4.36. The van der Waals surface area contributed by atoms with E-state index in [2.05, 4.69) is 5.32 Å². The largest absolute Gasteiger partial charge is 0.394 e. The van der Waals surface area contributed by atoms with E-state index in [4.69, 9.17) is 9.47 Å². The summed E-state index contributed by atoms with van der Waals surface area (Å²) in [6.07, 6.45) is 3.18. The molecule has 5 nitrogen and oxygen atoms in total. The first kappa shape index (κ1) is 12.8. The van der Waals surface area contributed by atoms with Gasteiger partial charge in [0.2, 0.25) is 5.91 Å². The zero-order valence-electron chi connectivity index (χ0n) is 10.1. The SMILES string of the molecule is O=C(NC1(CO)CCOCC1)C1CCCOC1. The fourth-order valence-corrected chi connectivity index (χ4v) is 2.40. The molecule has 2 saturated heterocycles. The molecule has 0 bridgehead atoms. The number of carbonyl (C=O) groups excluding carboxylic acids is 1. The highest BCUT2D eigenvalue weighted by Gasteiger charge is 2.35. The lowest BCUT2D eigenvalue weighted by Crippen LogP contribution is -2.56. The van der Waals surface area contributed by atoms with Gasteiger partial charge in [-0.25, -0.2) is 0 Å². The van der Waals surface area contributed by atoms with Gasteiger partial charge >= 0.3 is 0 Å². The van der Waals surface area contributed by atoms with Crippen LogP contribution in [0.1, 0.15) is 25.7 Å². The van der Waals surface area contributed by atoms with E-state index in [-0.39, 0.29) is 18.4 Å². The van der Waals surface area contributed by atoms with Gasteiger partial charge in [-0.2, -0.15) is 0 Å². The summed E-state index contributed by atoms with van der Waals surface area (Å²) in [5.74, 6) is -0.0457. The Morgan fingerprint density at radius 1 is 1.29 bits per heavy atom. The number of ether oxygens (including phenoxy) is 2. The third kappa shape index (κ3) is 3.18. The smallest absolute Gasteiger partial charge is 0.225 e. The summed E-state index contributed by atoms with van der Waals surface area (Å²) >= 11 is 0. The molecule has 0 saturated carbocycles. The van der Waals surface area contributed by atoms with Gasteiger partial charge < -0.3 is 19.9 Å². The van der Waals surface area contributed by atoms with Gasteiger partial charge in [-0.1, -0.05) is 0 Å². The highest BCUT2D eigenvalue weighted by molar-refractivity contribution is 5.79. The first-order valence-corrected chi connectivity index (χ1v) is 6.34. The summed E-state index contributed by atoms with van der Waals surface area (Å²) in [6.45, 7) is 2.44. The van der Waals surface area contributed by atoms with Gasteiger partial charge in [0.1, 0.15) is 0 Å². The predicted octanol–water partition coefficient (Wildman–Crippen LogP) is 0.0707. The van der Waals surface area contributed by atoms with Gasteiger partial charge in [-0.15, -0.1) is 0 Å². The van der Waals surface area contributed by atoms with Gasteiger partial charge in [0.25, 0.3) is 0 Å². The molecule has 2 fully saturated rings. The van der Waals surface area contributed by atoms with Crippen molar-refractivity contribution in [3.63, 3.8) is 0 Å². The molecule has 0 aromatic heterocycles. The van der Waals surface area contributed by atoms with E-state index in [0.29, 0.717) is 32.7 Å². The van der Waals surface area contributed by atoms with E-state index >= 15 is 0 Å². The molecule has 17 heavy (non-hydrogen) atoms. The summed E-state index contributed by atoms with van der Waals surface area (Å²) in [6, 6.07) is 0. The van der Waals surface area contributed by atoms with Crippen LogP contribution in [-0.4, -0.2) is 49.6 Å². The van der Waals surface area contributed by atoms with Crippen LogP contribution in [0.2, 0.25) is 0 Å². The van der Waals surface area contributed by atoms with E-state index in [1.54, 1.807) is 0 Å². The Labute approximate surface area is 101 Å². The van der Waals surface area contributed by atoms with Crippen LogP contribution in [0.4, 0.5) is 0 Å². The lowest BCUT2D eigenvalue weighted by molar-refractivity contribution is -0.133. The first-order valence-electron chi connectivity index (χ1n) is 6.34. The molecule has 1 amide bonds. The molecule has 2 heterocycles. The average molecular weight is 243 g/mol. The Morgan fingerprint density at radius 2 is 2.06 bits per heavy atom. The zero-order valence-corrected chi connectivity index (χ0v) is 10.1. The number of aliphatic hydroxyl groups excluding tert-OH is 1. The maximum atomic E-state index is 12.1. The number of aliphatic hydroxyl groups is 1. The van der Waals surface area contributed by atoms with E-state index in [0.717, 1.165) is 19.4 Å². The second-order valence-electron chi connectivity index (χ2n) is 4.95. The summed E-state index contributed by atoms with van der Waals surface area (Å²) in [7, 11) is 0. The Morgan fingerprint density at radius 3 is 2.65 bits per heavy atom. The van der Waals surface area contributed by atoms with E-state index < -0.39 is 5.54 Å². The molecule has 5 heteroatoms. The number of carbonyl (C=O) groups is 1. The Balaban J connectivity index is 1.90. The number of hydrogen-bond donors (Lipinski definition) is 2. The van der Waals surface area contributed by atoms with Crippen LogP contribution >= 0.6 is 0 Å². The van der Waals surface area contributed by atoms with Crippen molar-refractivity contribution in [1.82, 2.24) is 5.32 Å². The highest BCUT2D eigenvalue weighted by atomic mass is 16.5. The normalized spacial score (nSPS) is 28.6. The van der Waals surface area contributed by atoms with Crippen molar-refractivity contribution >= 4 is 5.91 Å². The number of hydrogen-bond acceptors (Lipinski definition) is 4. The minimum atomic E-state index is -0.479. The number of nitrogens with one attached hydrogen (secondary N) is 1. The van der Waals surface area contributed by atoms with Gasteiger partial charge in [-0.3, -0.25) is 4.79 Å². The molecule has 1 unspecified atom stereocenters. The summed E-state index contributed by atoms with van der Waals surface area (Å²) < 4.78 is 10.6. The quantitative estimate of drug-likeness (QED) is 0.736. The standard InChI is InChI=1S/C12H21NO4/c14-9-12(3-6-16-7-4-12)13-11(15)10-2-1-5-17-8-10/h10,14H,1-9H2,(H,13,15). The first-order chi connectivity index (χ1) is 8.26. The van der Waals surface area contributed by atoms with Crippen molar-refractivity contribution < 1.29 is 19.4 Å². The molecule has 0 spiro atoms. The summed E-state index contributed by atoms with van der Waals surface area (Å²) in [5.41, 5.74) is -0.479. The van der Waals surface area contributed by atoms with Crippen molar-refractivity contribution in [2.45, 2.75) is 31.2 Å². The average Bonchev–Trinajstić information content (AvgIpc) is 2.41. The fourth-order valence-electron chi connectivity index (χ4n) is 2.40. The van der Waals surface area contributed by atoms with Gasteiger partial charge in [0.15, 0.2) is 0 Å². The summed E-state index contributed by atoms with van der Waals surface area (Å²) in [5, 5.41) is 12.5. The van der Waals surface area contributed by atoms with Crippen molar-refractivity contribution in [3.05, 3.63) is 0 Å². The molecule has 2 N–H and O–H groups in total. The molecule has 2 rings (SSSR count). The van der Waals surface area contributed by atoms with Crippen LogP contribution in [0.5, 0.6) is 0 Å². The minimum Gasteiger partial charge on any atom is -0.394 e. The topological polar surface area (TPSA) is 67.8 Å². The second-order valence-corrected chi connectivity index (χ2v) is 4.95. The fraction of sp³-hybridized carbons (Fsp3) is 0.917. The minimum absolute atomic E-state index is 0.0145. The van der Waals surface area contributed by atoms with Crippen molar-refractivity contribution in [3.8, 4) is 0 Å². The van der Waals surface area contributed by atoms with Crippen LogP contribution in [0.3, 0.4) is 0 Å². The highest BCUT2D eigenvalue weighted by Crippen LogP contribution is 2.22. The van der Waals surface area contributed by atoms with Crippen LogP contribution in [-0.2, 0) is 14.3 Å². The van der Waals surface area contributed by atoms with Gasteiger partial charge in [0.05, 0.1) is 24.7 Å². The molecular formula is C12H21NO4. The van der Waals surface area contributed by atoms with Crippen molar-refractivity contribution in [2.75, 3.05) is 33.0 Å². The maximum Gasteiger partial charge on any atom is 0.225 e. The predicted molar refractivity (Wildman–Crippen MR) is 61.6 cm³/mol. The summed E-state index contributed by atoms with van der Waals surface area (Å²) in [4.78, 5) is 12.1. The molecule has 0 radical (unpaired) electrons. The number of amides is 1. The van der Waals surface area contributed by atoms with Gasteiger partial charge in [-0.05, 0) is 25.7 Å². The monoisotopic (exact) mass is 243 g/mol. The van der Waals surface area contributed by atoms with Crippen LogP contribution in [0, 0.1) is 5.92 Å². The Bertz CT molecular complexity index is 257. The van der Waals surface area contributed by atoms with E-state index in [1.165, 1.54) is 0 Å². The molecule has 2 aliphatic heterocycles. The molecule has 0 aromatic rings. The van der Waals surface area contributed by atoms with E-state index in [1.807, 2.05) is 0 Å². The van der Waals surface area contributed by atoms with Crippen molar-refractivity contribution in [2.24, 2.45) is 5.92 Å². The molecule has 2 aliphatic rings. The lowest BCUT2D eigenvalue weighted by atomic mass is 9.89. The molecular weight excluding hydrogens is 222 g/mol. The van der Waals surface area contributed by atoms with E-state index in [9.17, 15) is 9.90 Å². The maximum absolute atomic E-state index is 12.1. The molecule has 98 valence electrons. The van der Waals surface area contributed by atoms with Crippen LogP contribution < -0.4 is 5.32 Å². The third-order valence-electron chi connectivity index (χ3n) is 3.67. The third-order valence-corrected chi connectivity index (χ3v) is 3.67. The zero-order chi connectivity index (χ0) is 12.1. The van der Waals surface area contributed by atoms with Crippen molar-refractivity contribution in [1.29, 1.82) is 0 Å². The molecule has 1 atom stereocenters. The number of rotatable bonds is 3. The van der Waals surface area contributed by atoms with Gasteiger partial charge in [0, 0.05) is 19.8 Å². The molecule has 0 aliphatic carbocycles. The van der Waals surface area contributed by atoms with Crippen LogP contribution in [0.25, 0.3) is 0 Å². The molecule has 0 aromatic carbocycles.